The molecule has 0 bridgehead atoms. The van der Waals surface area contributed by atoms with Crippen molar-refractivity contribution >= 4 is 20.9 Å². The summed E-state index contributed by atoms with van der Waals surface area (Å²) in [6.45, 7) is 0.485. The summed E-state index contributed by atoms with van der Waals surface area (Å²) < 4.78 is 96.6. The Morgan fingerprint density at radius 3 is 2.19 bits per heavy atom. The second-order valence-electron chi connectivity index (χ2n) is 6.33. The van der Waals surface area contributed by atoms with E-state index in [4.69, 9.17) is 5.11 Å². The van der Waals surface area contributed by atoms with Crippen molar-refractivity contribution in [2.24, 2.45) is 11.4 Å². The minimum absolute atomic E-state index is 0.0118. The zero-order chi connectivity index (χ0) is 23.2. The van der Waals surface area contributed by atoms with E-state index in [1.54, 1.807) is 0 Å². The van der Waals surface area contributed by atoms with Crippen LogP contribution < -0.4 is 0 Å². The fourth-order valence-corrected chi connectivity index (χ4v) is 4.44. The van der Waals surface area contributed by atoms with Gasteiger partial charge in [0.15, 0.2) is 11.5 Å². The van der Waals surface area contributed by atoms with E-state index < -0.39 is 44.8 Å². The molecule has 0 aliphatic carbocycles. The average molecular weight is 467 g/mol. The van der Waals surface area contributed by atoms with Gasteiger partial charge >= 0.3 is 12.4 Å². The lowest BCUT2D eigenvalue weighted by atomic mass is 10.2. The predicted octanol–water partition coefficient (Wildman–Crippen LogP) is 3.86. The van der Waals surface area contributed by atoms with E-state index in [0.29, 0.717) is 18.5 Å². The van der Waals surface area contributed by atoms with E-state index in [1.165, 1.54) is 18.5 Å². The van der Waals surface area contributed by atoms with Gasteiger partial charge in [-0.05, 0) is 12.1 Å². The monoisotopic (exact) mass is 467 g/mol. The highest BCUT2D eigenvalue weighted by Gasteiger charge is 2.35. The molecule has 3 heterocycles. The van der Waals surface area contributed by atoms with Crippen molar-refractivity contribution in [3.63, 3.8) is 0 Å². The molecule has 1 atom stereocenters. The number of alkyl halides is 6. The van der Waals surface area contributed by atoms with Crippen molar-refractivity contribution in [1.29, 1.82) is 0 Å². The van der Waals surface area contributed by atoms with Crippen LogP contribution in [0.3, 0.4) is 0 Å². The van der Waals surface area contributed by atoms with Crippen molar-refractivity contribution in [2.45, 2.75) is 24.2 Å². The van der Waals surface area contributed by atoms with Gasteiger partial charge in [0.05, 0.1) is 25.8 Å². The topological polar surface area (TPSA) is 93.3 Å². The van der Waals surface area contributed by atoms with Gasteiger partial charge in [-0.25, -0.2) is 18.5 Å². The maximum absolute atomic E-state index is 13.2. The first kappa shape index (κ1) is 22.9. The quantitative estimate of drug-likeness (QED) is 0.589. The fraction of sp³-hybridized carbons (Fsp3) is 0.353. The van der Waals surface area contributed by atoms with Crippen LogP contribution >= 0.6 is 0 Å². The molecule has 168 valence electrons. The van der Waals surface area contributed by atoms with E-state index in [0.717, 1.165) is 6.07 Å². The maximum atomic E-state index is 13.2. The number of rotatable bonds is 4. The summed E-state index contributed by atoms with van der Waals surface area (Å²) in [7, 11) is -2.16. The molecule has 0 radical (unpaired) electrons. The number of aliphatic hydroxyl groups excluding tert-OH is 1. The molecule has 31 heavy (non-hydrogen) atoms. The van der Waals surface area contributed by atoms with Crippen LogP contribution in [0.4, 0.5) is 26.3 Å². The number of hydrogen-bond donors (Lipinski definition) is 1. The zero-order valence-electron chi connectivity index (χ0n) is 16.0. The summed E-state index contributed by atoms with van der Waals surface area (Å²) in [5.41, 5.74) is -2.69. The molecule has 1 N–H and O–H groups in total. The molecular weight excluding hydrogens is 452 g/mol. The number of fused-ring (bicyclic) bond motifs is 1. The summed E-state index contributed by atoms with van der Waals surface area (Å²) in [6.07, 6.45) is -8.37. The summed E-state index contributed by atoms with van der Waals surface area (Å²) in [4.78, 5) is 11.1. The second kappa shape index (κ2) is 7.75. The third-order valence-electron chi connectivity index (χ3n) is 4.43. The minimum atomic E-state index is -4.80. The molecule has 0 aromatic carbocycles. The number of aliphatic hydroxyl groups is 1. The summed E-state index contributed by atoms with van der Waals surface area (Å²) in [6, 6.07) is 1.34. The zero-order valence-corrected chi connectivity index (χ0v) is 16.8. The Bertz CT molecular complexity index is 1260. The highest BCUT2D eigenvalue weighted by molar-refractivity contribution is 7.93. The Morgan fingerprint density at radius 2 is 1.65 bits per heavy atom. The van der Waals surface area contributed by atoms with Crippen LogP contribution in [0.5, 0.6) is 0 Å². The first-order valence-electron chi connectivity index (χ1n) is 8.60. The number of aromatic nitrogens is 4. The molecule has 14 heteroatoms. The Kier molecular flexibility index (Phi) is 5.73. The standard InChI is InChI=1S/C17H15F6N5O2S/c1-3-31(30,26-8-29)12-5-10(17(21,22)23)6-24-13(12)15-27-11-4-9(16(18,19)20)7-25-14(11)28(15)2/h4-7,29H,3,8H2,1-2H3. The van der Waals surface area contributed by atoms with Gasteiger partial charge < -0.3 is 9.67 Å². The van der Waals surface area contributed by atoms with E-state index >= 15 is 0 Å². The third kappa shape index (κ3) is 4.21. The first-order chi connectivity index (χ1) is 14.3. The maximum Gasteiger partial charge on any atom is 0.417 e. The molecule has 0 fully saturated rings. The fourth-order valence-electron chi connectivity index (χ4n) is 2.86. The Balaban J connectivity index is 2.34. The van der Waals surface area contributed by atoms with Crippen LogP contribution in [0.2, 0.25) is 0 Å². The van der Waals surface area contributed by atoms with E-state index in [-0.39, 0.29) is 28.4 Å². The summed E-state index contributed by atoms with van der Waals surface area (Å²) in [5, 5.41) is 9.13. The molecule has 0 aliphatic rings. The number of imidazole rings is 1. The molecule has 3 aromatic heterocycles. The van der Waals surface area contributed by atoms with Crippen LogP contribution in [-0.4, -0.2) is 41.3 Å². The van der Waals surface area contributed by atoms with Gasteiger partial charge in [0.1, 0.15) is 17.9 Å². The molecule has 0 spiro atoms. The van der Waals surface area contributed by atoms with Crippen LogP contribution in [0.1, 0.15) is 18.1 Å². The number of nitrogens with zero attached hydrogens (tertiary/aromatic N) is 5. The Labute approximate surface area is 172 Å². The van der Waals surface area contributed by atoms with Crippen molar-refractivity contribution in [2.75, 3.05) is 12.5 Å². The van der Waals surface area contributed by atoms with E-state index in [1.807, 2.05) is 0 Å². The largest absolute Gasteiger partial charge is 0.417 e. The highest BCUT2D eigenvalue weighted by atomic mass is 32.2. The molecule has 3 aromatic rings. The van der Waals surface area contributed by atoms with E-state index in [9.17, 15) is 30.6 Å². The van der Waals surface area contributed by atoms with Crippen LogP contribution in [-0.2, 0) is 29.1 Å². The Morgan fingerprint density at radius 1 is 1.06 bits per heavy atom. The number of hydrogen-bond acceptors (Lipinski definition) is 6. The van der Waals surface area contributed by atoms with Gasteiger partial charge in [-0.15, -0.1) is 0 Å². The second-order valence-corrected chi connectivity index (χ2v) is 8.88. The van der Waals surface area contributed by atoms with Crippen molar-refractivity contribution < 1.29 is 35.7 Å². The lowest BCUT2D eigenvalue weighted by Gasteiger charge is -2.15. The van der Waals surface area contributed by atoms with Gasteiger partial charge in [0.2, 0.25) is 0 Å². The smallest absolute Gasteiger partial charge is 0.374 e. The summed E-state index contributed by atoms with van der Waals surface area (Å²) >= 11 is 0. The molecule has 3 rings (SSSR count). The molecule has 7 nitrogen and oxygen atoms in total. The summed E-state index contributed by atoms with van der Waals surface area (Å²) in [5.74, 6) is -0.399. The van der Waals surface area contributed by atoms with Gasteiger partial charge in [0.25, 0.3) is 0 Å². The highest BCUT2D eigenvalue weighted by Crippen LogP contribution is 2.36. The molecule has 0 amide bonds. The van der Waals surface area contributed by atoms with Gasteiger partial charge in [-0.3, -0.25) is 4.98 Å². The molecule has 0 saturated heterocycles. The Hall–Kier alpha value is -2.74. The van der Waals surface area contributed by atoms with E-state index in [2.05, 4.69) is 19.3 Å². The van der Waals surface area contributed by atoms with Crippen LogP contribution in [0.25, 0.3) is 22.7 Å². The number of aryl methyl sites for hydroxylation is 1. The van der Waals surface area contributed by atoms with Gasteiger partial charge in [-0.2, -0.15) is 26.3 Å². The molecule has 0 aliphatic heterocycles. The SMILES string of the molecule is CCS(=O)(=NCO)c1cc(C(F)(F)F)cnc1-c1nc2cc(C(F)(F)F)cnc2n1C. The molecule has 0 saturated carbocycles. The van der Waals surface area contributed by atoms with Crippen molar-refractivity contribution in [3.8, 4) is 11.5 Å². The van der Waals surface area contributed by atoms with Gasteiger partial charge in [-0.1, -0.05) is 6.92 Å². The number of pyridine rings is 2. The van der Waals surface area contributed by atoms with Crippen molar-refractivity contribution in [1.82, 2.24) is 19.5 Å². The first-order valence-corrected chi connectivity index (χ1v) is 10.3. The minimum Gasteiger partial charge on any atom is -0.374 e. The predicted molar refractivity (Wildman–Crippen MR) is 98.2 cm³/mol. The molecule has 1 unspecified atom stereocenters. The third-order valence-corrected chi connectivity index (χ3v) is 6.74. The van der Waals surface area contributed by atoms with Crippen LogP contribution in [0, 0.1) is 0 Å². The normalized spacial score (nSPS) is 14.6. The van der Waals surface area contributed by atoms with Gasteiger partial charge in [0, 0.05) is 25.2 Å². The van der Waals surface area contributed by atoms with Crippen LogP contribution in [0.15, 0.2) is 33.8 Å². The van der Waals surface area contributed by atoms with Crippen molar-refractivity contribution in [3.05, 3.63) is 35.7 Å². The molecular formula is C17H15F6N5O2S. The average Bonchev–Trinajstić information content (AvgIpc) is 3.02. The lowest BCUT2D eigenvalue weighted by molar-refractivity contribution is -0.138. The number of halogens is 6. The lowest BCUT2D eigenvalue weighted by Crippen LogP contribution is -2.13.